The van der Waals surface area contributed by atoms with Gasteiger partial charge in [0.05, 0.1) is 17.9 Å². The van der Waals surface area contributed by atoms with Crippen molar-refractivity contribution in [2.75, 3.05) is 0 Å². The molecule has 0 fully saturated rings. The molecule has 0 unspecified atom stereocenters. The molecule has 6 heteroatoms. The van der Waals surface area contributed by atoms with Crippen LogP contribution in [0.3, 0.4) is 0 Å². The highest BCUT2D eigenvalue weighted by Gasteiger charge is 2.10. The Labute approximate surface area is 134 Å². The van der Waals surface area contributed by atoms with E-state index in [4.69, 9.17) is 4.74 Å². The second-order valence-corrected chi connectivity index (χ2v) is 5.14. The zero-order valence-electron chi connectivity index (χ0n) is 12.9. The molecular weight excluding hydrogens is 296 g/mol. The lowest BCUT2D eigenvalue weighted by Crippen LogP contribution is -2.17. The van der Waals surface area contributed by atoms with Crippen LogP contribution in [0, 0.1) is 0 Å². The van der Waals surface area contributed by atoms with E-state index in [1.165, 1.54) is 18.3 Å². The van der Waals surface area contributed by atoms with Gasteiger partial charge in [-0.05, 0) is 49.7 Å². The number of aromatic hydroxyl groups is 2. The third-order valence-electron chi connectivity index (χ3n) is 2.83. The number of phenols is 2. The molecule has 2 aromatic rings. The van der Waals surface area contributed by atoms with Crippen LogP contribution in [0.2, 0.25) is 0 Å². The number of phenolic OH excluding ortho intramolecular Hbond substituents is 2. The first-order chi connectivity index (χ1) is 11.0. The van der Waals surface area contributed by atoms with E-state index in [9.17, 15) is 15.0 Å². The number of hydrogen-bond donors (Lipinski definition) is 3. The molecule has 0 atom stereocenters. The van der Waals surface area contributed by atoms with Crippen LogP contribution in [0.25, 0.3) is 0 Å². The van der Waals surface area contributed by atoms with Gasteiger partial charge in [0, 0.05) is 0 Å². The molecule has 2 rings (SSSR count). The van der Waals surface area contributed by atoms with Crippen LogP contribution in [0.15, 0.2) is 47.6 Å². The topological polar surface area (TPSA) is 91.2 Å². The monoisotopic (exact) mass is 314 g/mol. The van der Waals surface area contributed by atoms with Crippen LogP contribution in [-0.4, -0.2) is 28.4 Å². The summed E-state index contributed by atoms with van der Waals surface area (Å²) in [5, 5.41) is 22.8. The number of nitrogens with one attached hydrogen (secondary N) is 1. The highest BCUT2D eigenvalue weighted by atomic mass is 16.5. The van der Waals surface area contributed by atoms with Gasteiger partial charge >= 0.3 is 0 Å². The number of hydrazone groups is 1. The first kappa shape index (κ1) is 16.4. The van der Waals surface area contributed by atoms with Crippen molar-refractivity contribution in [2.24, 2.45) is 5.10 Å². The molecule has 0 bridgehead atoms. The lowest BCUT2D eigenvalue weighted by Gasteiger charge is -2.09. The van der Waals surface area contributed by atoms with E-state index in [0.717, 1.165) is 11.6 Å². The summed E-state index contributed by atoms with van der Waals surface area (Å²) in [7, 11) is 0. The average molecular weight is 314 g/mol. The highest BCUT2D eigenvalue weighted by Crippen LogP contribution is 2.21. The number of carbonyl (C=O) groups excluding carboxylic acids is 1. The van der Waals surface area contributed by atoms with E-state index in [1.807, 2.05) is 32.0 Å². The molecule has 0 heterocycles. The van der Waals surface area contributed by atoms with E-state index < -0.39 is 5.91 Å². The van der Waals surface area contributed by atoms with Gasteiger partial charge in [-0.1, -0.05) is 12.1 Å². The third kappa shape index (κ3) is 4.74. The van der Waals surface area contributed by atoms with Gasteiger partial charge < -0.3 is 14.9 Å². The lowest BCUT2D eigenvalue weighted by molar-refractivity contribution is 0.0952. The fraction of sp³-hybridized carbons (Fsp3) is 0.176. The minimum absolute atomic E-state index is 0.0564. The smallest absolute Gasteiger partial charge is 0.275 e. The third-order valence-corrected chi connectivity index (χ3v) is 2.83. The normalized spacial score (nSPS) is 10.9. The highest BCUT2D eigenvalue weighted by molar-refractivity contribution is 5.97. The Balaban J connectivity index is 2.04. The number of hydrogen-bond acceptors (Lipinski definition) is 5. The molecule has 1 amide bonds. The molecule has 0 aliphatic carbocycles. The van der Waals surface area contributed by atoms with Gasteiger partial charge in [0.25, 0.3) is 5.91 Å². The molecule has 3 N–H and O–H groups in total. The fourth-order valence-electron chi connectivity index (χ4n) is 1.87. The minimum Gasteiger partial charge on any atom is -0.508 e. The Kier molecular flexibility index (Phi) is 5.19. The van der Waals surface area contributed by atoms with E-state index >= 15 is 0 Å². The van der Waals surface area contributed by atoms with Gasteiger partial charge in [0.15, 0.2) is 0 Å². The second kappa shape index (κ2) is 7.31. The van der Waals surface area contributed by atoms with Gasteiger partial charge in [-0.15, -0.1) is 0 Å². The summed E-state index contributed by atoms with van der Waals surface area (Å²) in [5.41, 5.74) is 2.99. The fourth-order valence-corrected chi connectivity index (χ4v) is 1.87. The van der Waals surface area contributed by atoms with Gasteiger partial charge in [-0.2, -0.15) is 5.10 Å². The molecule has 0 aromatic heterocycles. The van der Waals surface area contributed by atoms with E-state index in [0.29, 0.717) is 5.75 Å². The molecule has 0 saturated heterocycles. The Morgan fingerprint density at radius 2 is 2.00 bits per heavy atom. The molecule has 23 heavy (non-hydrogen) atoms. The number of carbonyl (C=O) groups is 1. The summed E-state index contributed by atoms with van der Waals surface area (Å²) >= 11 is 0. The first-order valence-corrected chi connectivity index (χ1v) is 7.08. The molecule has 2 aromatic carbocycles. The van der Waals surface area contributed by atoms with E-state index in [1.54, 1.807) is 6.07 Å². The molecular formula is C17H18N2O4. The van der Waals surface area contributed by atoms with Crippen molar-refractivity contribution >= 4 is 12.1 Å². The maximum absolute atomic E-state index is 11.9. The summed E-state index contributed by atoms with van der Waals surface area (Å²) in [5.74, 6) is -0.261. The van der Waals surface area contributed by atoms with Crippen molar-refractivity contribution in [3.63, 3.8) is 0 Å². The average Bonchev–Trinajstić information content (AvgIpc) is 2.49. The molecule has 0 aliphatic rings. The number of benzene rings is 2. The zero-order valence-corrected chi connectivity index (χ0v) is 12.9. The second-order valence-electron chi connectivity index (χ2n) is 5.14. The van der Waals surface area contributed by atoms with Crippen molar-refractivity contribution in [1.82, 2.24) is 5.43 Å². The summed E-state index contributed by atoms with van der Waals surface area (Å²) in [6.45, 7) is 3.87. The molecule has 0 aliphatic heterocycles. The van der Waals surface area contributed by atoms with Crippen LogP contribution >= 0.6 is 0 Å². The van der Waals surface area contributed by atoms with Gasteiger partial charge in [-0.3, -0.25) is 4.79 Å². The molecule has 0 radical (unpaired) electrons. The van der Waals surface area contributed by atoms with Crippen molar-refractivity contribution in [3.8, 4) is 17.2 Å². The summed E-state index contributed by atoms with van der Waals surface area (Å²) in [6, 6.07) is 11.0. The molecule has 0 saturated carbocycles. The van der Waals surface area contributed by atoms with Crippen LogP contribution in [0.4, 0.5) is 0 Å². The number of nitrogens with zero attached hydrogens (tertiary/aromatic N) is 1. The Morgan fingerprint density at radius 1 is 1.22 bits per heavy atom. The summed E-state index contributed by atoms with van der Waals surface area (Å²) < 4.78 is 5.57. The van der Waals surface area contributed by atoms with Crippen LogP contribution < -0.4 is 10.2 Å². The van der Waals surface area contributed by atoms with E-state index in [-0.39, 0.29) is 23.2 Å². The largest absolute Gasteiger partial charge is 0.508 e. The first-order valence-electron chi connectivity index (χ1n) is 7.08. The lowest BCUT2D eigenvalue weighted by atomic mass is 10.2. The van der Waals surface area contributed by atoms with Gasteiger partial charge in [0.1, 0.15) is 17.2 Å². The number of rotatable bonds is 5. The van der Waals surface area contributed by atoms with Crippen LogP contribution in [0.5, 0.6) is 17.2 Å². The Hall–Kier alpha value is -3.02. The van der Waals surface area contributed by atoms with Gasteiger partial charge in [0.2, 0.25) is 0 Å². The van der Waals surface area contributed by atoms with Crippen LogP contribution in [0.1, 0.15) is 29.8 Å². The predicted molar refractivity (Wildman–Crippen MR) is 87.0 cm³/mol. The van der Waals surface area contributed by atoms with Crippen LogP contribution in [-0.2, 0) is 0 Å². The molecule has 6 nitrogen and oxygen atoms in total. The zero-order chi connectivity index (χ0) is 16.8. The van der Waals surface area contributed by atoms with Crippen molar-refractivity contribution in [3.05, 3.63) is 53.6 Å². The van der Waals surface area contributed by atoms with Crippen molar-refractivity contribution in [2.45, 2.75) is 20.0 Å². The number of ether oxygens (including phenoxy) is 1. The van der Waals surface area contributed by atoms with Crippen molar-refractivity contribution in [1.29, 1.82) is 0 Å². The standard InChI is InChI=1S/C17H18N2O4/c1-11(2)23-14-5-3-4-12(8-14)10-18-19-17(22)15-9-13(20)6-7-16(15)21/h3-11,20-21H,1-2H3,(H,19,22)/b18-10-. The number of amides is 1. The maximum Gasteiger partial charge on any atom is 0.275 e. The Morgan fingerprint density at radius 3 is 2.74 bits per heavy atom. The quantitative estimate of drug-likeness (QED) is 0.449. The summed E-state index contributed by atoms with van der Waals surface area (Å²) in [4.78, 5) is 11.9. The van der Waals surface area contributed by atoms with E-state index in [2.05, 4.69) is 10.5 Å². The predicted octanol–water partition coefficient (Wildman–Crippen LogP) is 2.65. The van der Waals surface area contributed by atoms with Gasteiger partial charge in [-0.25, -0.2) is 5.43 Å². The molecule has 0 spiro atoms. The Bertz CT molecular complexity index is 726. The molecule has 120 valence electrons. The minimum atomic E-state index is -0.621. The van der Waals surface area contributed by atoms with Crippen molar-refractivity contribution < 1.29 is 19.7 Å². The maximum atomic E-state index is 11.9. The summed E-state index contributed by atoms with van der Waals surface area (Å²) in [6.07, 6.45) is 1.53. The SMILES string of the molecule is CC(C)Oc1cccc(/C=N\NC(=O)c2cc(O)ccc2O)c1.